The van der Waals surface area contributed by atoms with Gasteiger partial charge in [0.25, 0.3) is 0 Å². The minimum Gasteiger partial charge on any atom is -0.356 e. The van der Waals surface area contributed by atoms with E-state index in [0.717, 1.165) is 25.5 Å². The van der Waals surface area contributed by atoms with E-state index in [0.29, 0.717) is 23.8 Å². The summed E-state index contributed by atoms with van der Waals surface area (Å²) in [4.78, 5) is 13.8. The molecule has 0 spiro atoms. The first-order valence-electron chi connectivity index (χ1n) is 7.59. The fourth-order valence-electron chi connectivity index (χ4n) is 2.37. The molecule has 0 bridgehead atoms. The quantitative estimate of drug-likeness (QED) is 0.840. The van der Waals surface area contributed by atoms with Crippen molar-refractivity contribution < 1.29 is 13.2 Å². The second-order valence-corrected chi connectivity index (χ2v) is 5.65. The molecular weight excluding hydrogens is 305 g/mol. The Kier molecular flexibility index (Phi) is 4.19. The van der Waals surface area contributed by atoms with Gasteiger partial charge in [-0.15, -0.1) is 0 Å². The Balaban J connectivity index is 2.03. The van der Waals surface area contributed by atoms with Gasteiger partial charge in [-0.3, -0.25) is 4.98 Å². The molecule has 0 amide bonds. The summed E-state index contributed by atoms with van der Waals surface area (Å²) in [5.41, 5.74) is -0.390. The number of hydrogen-bond donors (Lipinski definition) is 0. The Labute approximate surface area is 132 Å². The fraction of sp³-hybridized carbons (Fsp3) is 0.438. The van der Waals surface area contributed by atoms with Gasteiger partial charge < -0.3 is 4.90 Å². The van der Waals surface area contributed by atoms with E-state index in [9.17, 15) is 13.2 Å². The highest BCUT2D eigenvalue weighted by Gasteiger charge is 2.34. The zero-order chi connectivity index (χ0) is 16.4. The second-order valence-electron chi connectivity index (χ2n) is 5.65. The first-order valence-corrected chi connectivity index (χ1v) is 7.59. The number of hydrogen-bond acceptors (Lipinski definition) is 4. The molecule has 0 atom stereocenters. The van der Waals surface area contributed by atoms with Crippen molar-refractivity contribution in [3.8, 4) is 11.4 Å². The van der Waals surface area contributed by atoms with E-state index in [1.165, 1.54) is 12.4 Å². The Hall–Kier alpha value is -2.18. The Bertz CT molecular complexity index is 669. The van der Waals surface area contributed by atoms with Gasteiger partial charge in [-0.1, -0.05) is 0 Å². The molecule has 2 aromatic rings. The molecule has 122 valence electrons. The summed E-state index contributed by atoms with van der Waals surface area (Å²) in [7, 11) is 0. The molecule has 3 rings (SSSR count). The number of nitrogens with zero attached hydrogens (tertiary/aromatic N) is 4. The van der Waals surface area contributed by atoms with Crippen LogP contribution in [0.25, 0.3) is 11.4 Å². The van der Waals surface area contributed by atoms with Crippen LogP contribution >= 0.6 is 0 Å². The predicted molar refractivity (Wildman–Crippen MR) is 80.9 cm³/mol. The summed E-state index contributed by atoms with van der Waals surface area (Å²) >= 11 is 0. The van der Waals surface area contributed by atoms with Crippen molar-refractivity contribution in [3.05, 3.63) is 36.3 Å². The van der Waals surface area contributed by atoms with Crippen LogP contribution in [0.4, 0.5) is 19.0 Å². The summed E-state index contributed by atoms with van der Waals surface area (Å²) < 4.78 is 39.6. The van der Waals surface area contributed by atoms with E-state index >= 15 is 0 Å². The van der Waals surface area contributed by atoms with Crippen molar-refractivity contribution in [3.63, 3.8) is 0 Å². The maximum Gasteiger partial charge on any atom is 0.433 e. The zero-order valence-corrected chi connectivity index (χ0v) is 12.7. The number of rotatable bonds is 5. The Morgan fingerprint density at radius 3 is 2.43 bits per heavy atom. The molecule has 0 aliphatic heterocycles. The highest BCUT2D eigenvalue weighted by Crippen LogP contribution is 2.34. The smallest absolute Gasteiger partial charge is 0.356 e. The fourth-order valence-corrected chi connectivity index (χ4v) is 2.37. The number of anilines is 1. The number of halogens is 3. The van der Waals surface area contributed by atoms with Gasteiger partial charge in [0.1, 0.15) is 5.82 Å². The lowest BCUT2D eigenvalue weighted by Gasteiger charge is -2.23. The third-order valence-corrected chi connectivity index (χ3v) is 3.82. The van der Waals surface area contributed by atoms with E-state index < -0.39 is 11.9 Å². The molecular formula is C16H17F3N4. The minimum atomic E-state index is -4.50. The number of alkyl halides is 3. The van der Waals surface area contributed by atoms with Crippen LogP contribution in [-0.4, -0.2) is 28.0 Å². The molecule has 1 aliphatic rings. The molecule has 7 heteroatoms. The van der Waals surface area contributed by atoms with Gasteiger partial charge in [0, 0.05) is 37.1 Å². The summed E-state index contributed by atoms with van der Waals surface area (Å²) in [5.74, 6) is 0.962. The molecule has 1 fully saturated rings. The first kappa shape index (κ1) is 15.7. The van der Waals surface area contributed by atoms with Crippen LogP contribution in [0.5, 0.6) is 0 Å². The molecule has 0 radical (unpaired) electrons. The monoisotopic (exact) mass is 322 g/mol. The Morgan fingerprint density at radius 2 is 1.87 bits per heavy atom. The summed E-state index contributed by atoms with van der Waals surface area (Å²) in [6.45, 7) is 3.27. The van der Waals surface area contributed by atoms with Gasteiger partial charge in [0.2, 0.25) is 0 Å². The highest BCUT2D eigenvalue weighted by molar-refractivity contribution is 5.57. The lowest BCUT2D eigenvalue weighted by molar-refractivity contribution is -0.141. The van der Waals surface area contributed by atoms with Crippen LogP contribution in [0.3, 0.4) is 0 Å². The van der Waals surface area contributed by atoms with Crippen molar-refractivity contribution in [2.24, 2.45) is 5.92 Å². The lowest BCUT2D eigenvalue weighted by Crippen LogP contribution is -2.27. The van der Waals surface area contributed by atoms with Crippen molar-refractivity contribution in [2.45, 2.75) is 25.9 Å². The van der Waals surface area contributed by atoms with Crippen molar-refractivity contribution in [1.82, 2.24) is 15.0 Å². The van der Waals surface area contributed by atoms with Crippen LogP contribution in [0.15, 0.2) is 30.6 Å². The second kappa shape index (κ2) is 6.14. The first-order chi connectivity index (χ1) is 11.0. The van der Waals surface area contributed by atoms with E-state index in [2.05, 4.69) is 15.0 Å². The largest absolute Gasteiger partial charge is 0.433 e. The van der Waals surface area contributed by atoms with Gasteiger partial charge in [-0.25, -0.2) is 9.97 Å². The molecule has 23 heavy (non-hydrogen) atoms. The van der Waals surface area contributed by atoms with E-state index in [-0.39, 0.29) is 5.82 Å². The molecule has 1 saturated carbocycles. The summed E-state index contributed by atoms with van der Waals surface area (Å²) in [6.07, 6.45) is 0.787. The molecule has 0 saturated heterocycles. The SMILES string of the molecule is CCN(CC1CC1)c1cc(C(F)(F)F)nc(-c2ccncc2)n1. The molecule has 1 aliphatic carbocycles. The topological polar surface area (TPSA) is 41.9 Å². The maximum absolute atomic E-state index is 13.2. The average Bonchev–Trinajstić information content (AvgIpc) is 3.36. The third-order valence-electron chi connectivity index (χ3n) is 3.82. The minimum absolute atomic E-state index is 0.0754. The number of pyridine rings is 1. The molecule has 0 unspecified atom stereocenters. The molecule has 0 aromatic carbocycles. The summed E-state index contributed by atoms with van der Waals surface area (Å²) in [5, 5.41) is 0. The van der Waals surface area contributed by atoms with Gasteiger partial charge in [0.05, 0.1) is 0 Å². The van der Waals surface area contributed by atoms with Gasteiger partial charge >= 0.3 is 6.18 Å². The van der Waals surface area contributed by atoms with Gasteiger partial charge in [0.15, 0.2) is 11.5 Å². The van der Waals surface area contributed by atoms with Crippen LogP contribution in [0.1, 0.15) is 25.5 Å². The van der Waals surface area contributed by atoms with Crippen molar-refractivity contribution in [2.75, 3.05) is 18.0 Å². The standard InChI is InChI=1S/C16H17F3N4/c1-2-23(10-11-3-4-11)14-9-13(16(17,18)19)21-15(22-14)12-5-7-20-8-6-12/h5-9,11H,2-4,10H2,1H3. The maximum atomic E-state index is 13.2. The highest BCUT2D eigenvalue weighted by atomic mass is 19.4. The number of aromatic nitrogens is 3. The predicted octanol–water partition coefficient (Wildman–Crippen LogP) is 3.79. The van der Waals surface area contributed by atoms with E-state index in [4.69, 9.17) is 0 Å². The normalized spacial score (nSPS) is 14.8. The van der Waals surface area contributed by atoms with Crippen LogP contribution in [-0.2, 0) is 6.18 Å². The van der Waals surface area contributed by atoms with Gasteiger partial charge in [-0.05, 0) is 37.8 Å². The van der Waals surface area contributed by atoms with Crippen LogP contribution < -0.4 is 4.90 Å². The summed E-state index contributed by atoms with van der Waals surface area (Å²) in [6, 6.07) is 4.25. The molecule has 4 nitrogen and oxygen atoms in total. The van der Waals surface area contributed by atoms with Crippen LogP contribution in [0, 0.1) is 5.92 Å². The van der Waals surface area contributed by atoms with Gasteiger partial charge in [-0.2, -0.15) is 13.2 Å². The average molecular weight is 322 g/mol. The lowest BCUT2D eigenvalue weighted by atomic mass is 10.2. The third kappa shape index (κ3) is 3.78. The van der Waals surface area contributed by atoms with E-state index in [1.54, 1.807) is 12.1 Å². The van der Waals surface area contributed by atoms with Crippen molar-refractivity contribution >= 4 is 5.82 Å². The zero-order valence-electron chi connectivity index (χ0n) is 12.7. The molecule has 0 N–H and O–H groups in total. The van der Waals surface area contributed by atoms with E-state index in [1.807, 2.05) is 11.8 Å². The Morgan fingerprint density at radius 1 is 1.17 bits per heavy atom. The van der Waals surface area contributed by atoms with Crippen LogP contribution in [0.2, 0.25) is 0 Å². The van der Waals surface area contributed by atoms with Crippen molar-refractivity contribution in [1.29, 1.82) is 0 Å². The molecule has 2 heterocycles. The molecule has 2 aromatic heterocycles.